The SMILES string of the molecule is CCCC(CCC)c1cc(CC)no1. The van der Waals surface area contributed by atoms with Gasteiger partial charge in [-0.05, 0) is 19.3 Å². The molecule has 1 rings (SSSR count). The van der Waals surface area contributed by atoms with Crippen molar-refractivity contribution in [3.8, 4) is 0 Å². The van der Waals surface area contributed by atoms with E-state index in [4.69, 9.17) is 4.52 Å². The minimum Gasteiger partial charge on any atom is -0.361 e. The maximum Gasteiger partial charge on any atom is 0.140 e. The van der Waals surface area contributed by atoms with Crippen LogP contribution < -0.4 is 0 Å². The third-order valence-corrected chi connectivity index (χ3v) is 2.62. The molecule has 0 saturated heterocycles. The molecule has 2 nitrogen and oxygen atoms in total. The largest absolute Gasteiger partial charge is 0.361 e. The Kier molecular flexibility index (Phi) is 4.71. The molecule has 0 unspecified atom stereocenters. The van der Waals surface area contributed by atoms with Crippen LogP contribution in [0.2, 0.25) is 0 Å². The van der Waals surface area contributed by atoms with Gasteiger partial charge in [-0.2, -0.15) is 0 Å². The highest BCUT2D eigenvalue weighted by atomic mass is 16.5. The van der Waals surface area contributed by atoms with Crippen LogP contribution in [0, 0.1) is 0 Å². The summed E-state index contributed by atoms with van der Waals surface area (Å²) in [5.74, 6) is 1.67. The first kappa shape index (κ1) is 11.3. The van der Waals surface area contributed by atoms with Crippen LogP contribution in [-0.4, -0.2) is 5.16 Å². The Labute approximate surface area is 86.7 Å². The topological polar surface area (TPSA) is 26.0 Å². The predicted molar refractivity (Wildman–Crippen MR) is 58.4 cm³/mol. The van der Waals surface area contributed by atoms with Crippen LogP contribution in [0.4, 0.5) is 0 Å². The molecule has 2 heteroatoms. The first-order valence-electron chi connectivity index (χ1n) is 5.77. The number of aryl methyl sites for hydroxylation is 1. The third-order valence-electron chi connectivity index (χ3n) is 2.62. The van der Waals surface area contributed by atoms with Crippen LogP contribution in [0.25, 0.3) is 0 Å². The summed E-state index contributed by atoms with van der Waals surface area (Å²) in [5, 5.41) is 4.05. The zero-order chi connectivity index (χ0) is 10.4. The van der Waals surface area contributed by atoms with Gasteiger partial charge < -0.3 is 4.52 Å². The number of hydrogen-bond donors (Lipinski definition) is 0. The summed E-state index contributed by atoms with van der Waals surface area (Å²) in [6, 6.07) is 2.12. The summed E-state index contributed by atoms with van der Waals surface area (Å²) in [4.78, 5) is 0. The van der Waals surface area contributed by atoms with E-state index in [9.17, 15) is 0 Å². The lowest BCUT2D eigenvalue weighted by molar-refractivity contribution is 0.340. The minimum atomic E-state index is 0.581. The molecule has 80 valence electrons. The molecular formula is C12H21NO. The molecule has 0 aliphatic rings. The first-order chi connectivity index (χ1) is 6.81. The zero-order valence-electron chi connectivity index (χ0n) is 9.55. The Hall–Kier alpha value is -0.790. The average Bonchev–Trinajstić information content (AvgIpc) is 2.65. The van der Waals surface area contributed by atoms with Crippen molar-refractivity contribution in [1.82, 2.24) is 5.16 Å². The fourth-order valence-corrected chi connectivity index (χ4v) is 1.81. The van der Waals surface area contributed by atoms with Crippen molar-refractivity contribution in [1.29, 1.82) is 0 Å². The van der Waals surface area contributed by atoms with E-state index in [0.717, 1.165) is 17.9 Å². The summed E-state index contributed by atoms with van der Waals surface area (Å²) in [6.07, 6.45) is 5.83. The monoisotopic (exact) mass is 195 g/mol. The van der Waals surface area contributed by atoms with Gasteiger partial charge in [-0.1, -0.05) is 38.8 Å². The molecule has 14 heavy (non-hydrogen) atoms. The predicted octanol–water partition coefficient (Wildman–Crippen LogP) is 3.92. The molecule has 0 fully saturated rings. The van der Waals surface area contributed by atoms with Crippen molar-refractivity contribution in [2.45, 2.75) is 58.8 Å². The number of aromatic nitrogens is 1. The van der Waals surface area contributed by atoms with Crippen molar-refractivity contribution in [2.75, 3.05) is 0 Å². The summed E-state index contributed by atoms with van der Waals surface area (Å²) < 4.78 is 5.37. The molecule has 0 N–H and O–H groups in total. The van der Waals surface area contributed by atoms with Crippen LogP contribution in [0.15, 0.2) is 10.6 Å². The van der Waals surface area contributed by atoms with E-state index in [2.05, 4.69) is 32.0 Å². The van der Waals surface area contributed by atoms with Gasteiger partial charge in [0.15, 0.2) is 0 Å². The van der Waals surface area contributed by atoms with Crippen LogP contribution in [0.1, 0.15) is 63.8 Å². The van der Waals surface area contributed by atoms with E-state index < -0.39 is 0 Å². The standard InChI is InChI=1S/C12H21NO/c1-4-7-10(8-5-2)12-9-11(6-3)13-14-12/h9-10H,4-8H2,1-3H3. The lowest BCUT2D eigenvalue weighted by atomic mass is 9.95. The van der Waals surface area contributed by atoms with Gasteiger partial charge in [-0.3, -0.25) is 0 Å². The van der Waals surface area contributed by atoms with Crippen molar-refractivity contribution >= 4 is 0 Å². The Morgan fingerprint density at radius 2 is 1.86 bits per heavy atom. The van der Waals surface area contributed by atoms with E-state index in [1.165, 1.54) is 25.7 Å². The lowest BCUT2D eigenvalue weighted by Crippen LogP contribution is -1.96. The van der Waals surface area contributed by atoms with Crippen molar-refractivity contribution in [3.05, 3.63) is 17.5 Å². The second-order valence-corrected chi connectivity index (χ2v) is 3.85. The van der Waals surface area contributed by atoms with Gasteiger partial charge in [0.05, 0.1) is 5.69 Å². The highest BCUT2D eigenvalue weighted by Gasteiger charge is 2.14. The van der Waals surface area contributed by atoms with Gasteiger partial charge in [0.2, 0.25) is 0 Å². The minimum absolute atomic E-state index is 0.581. The van der Waals surface area contributed by atoms with Gasteiger partial charge >= 0.3 is 0 Å². The summed E-state index contributed by atoms with van der Waals surface area (Å²) in [5.41, 5.74) is 1.08. The quantitative estimate of drug-likeness (QED) is 0.687. The molecule has 1 aromatic heterocycles. The molecule has 0 bridgehead atoms. The second kappa shape index (κ2) is 5.84. The number of hydrogen-bond acceptors (Lipinski definition) is 2. The zero-order valence-corrected chi connectivity index (χ0v) is 9.55. The van der Waals surface area contributed by atoms with Crippen LogP contribution >= 0.6 is 0 Å². The average molecular weight is 195 g/mol. The van der Waals surface area contributed by atoms with E-state index in [-0.39, 0.29) is 0 Å². The number of nitrogens with zero attached hydrogens (tertiary/aromatic N) is 1. The van der Waals surface area contributed by atoms with Crippen molar-refractivity contribution in [3.63, 3.8) is 0 Å². The maximum atomic E-state index is 5.37. The molecule has 0 radical (unpaired) electrons. The van der Waals surface area contributed by atoms with Gasteiger partial charge in [0, 0.05) is 12.0 Å². The normalized spacial score (nSPS) is 11.1. The molecule has 0 aliphatic heterocycles. The third kappa shape index (κ3) is 2.86. The Balaban J connectivity index is 2.65. The van der Waals surface area contributed by atoms with E-state index in [0.29, 0.717) is 5.92 Å². The van der Waals surface area contributed by atoms with Gasteiger partial charge in [-0.15, -0.1) is 0 Å². The molecule has 0 atom stereocenters. The Morgan fingerprint density at radius 1 is 1.21 bits per heavy atom. The number of rotatable bonds is 6. The van der Waals surface area contributed by atoms with Crippen LogP contribution in [-0.2, 0) is 6.42 Å². The molecule has 1 heterocycles. The van der Waals surface area contributed by atoms with Crippen molar-refractivity contribution in [2.24, 2.45) is 0 Å². The summed E-state index contributed by atoms with van der Waals surface area (Å²) in [7, 11) is 0. The molecule has 0 aromatic carbocycles. The van der Waals surface area contributed by atoms with E-state index >= 15 is 0 Å². The van der Waals surface area contributed by atoms with Gasteiger partial charge in [0.1, 0.15) is 5.76 Å². The van der Waals surface area contributed by atoms with Crippen molar-refractivity contribution < 1.29 is 4.52 Å². The lowest BCUT2D eigenvalue weighted by Gasteiger charge is -2.10. The van der Waals surface area contributed by atoms with Gasteiger partial charge in [0.25, 0.3) is 0 Å². The molecular weight excluding hydrogens is 174 g/mol. The highest BCUT2D eigenvalue weighted by molar-refractivity contribution is 5.09. The van der Waals surface area contributed by atoms with Crippen LogP contribution in [0.5, 0.6) is 0 Å². The molecule has 0 saturated carbocycles. The summed E-state index contributed by atoms with van der Waals surface area (Å²) >= 11 is 0. The fourth-order valence-electron chi connectivity index (χ4n) is 1.81. The molecule has 1 aromatic rings. The smallest absolute Gasteiger partial charge is 0.140 e. The Morgan fingerprint density at radius 3 is 2.29 bits per heavy atom. The highest BCUT2D eigenvalue weighted by Crippen LogP contribution is 2.26. The summed E-state index contributed by atoms with van der Waals surface area (Å²) in [6.45, 7) is 6.55. The first-order valence-corrected chi connectivity index (χ1v) is 5.77. The Bertz CT molecular complexity index is 249. The fraction of sp³-hybridized carbons (Fsp3) is 0.750. The van der Waals surface area contributed by atoms with E-state index in [1.54, 1.807) is 0 Å². The van der Waals surface area contributed by atoms with Crippen LogP contribution in [0.3, 0.4) is 0 Å². The molecule has 0 spiro atoms. The second-order valence-electron chi connectivity index (χ2n) is 3.85. The maximum absolute atomic E-state index is 5.37. The van der Waals surface area contributed by atoms with E-state index in [1.807, 2.05) is 0 Å². The molecule has 0 amide bonds. The molecule has 0 aliphatic carbocycles. The van der Waals surface area contributed by atoms with Gasteiger partial charge in [-0.25, -0.2) is 0 Å².